The molecule has 0 aromatic carbocycles. The number of unbranched alkanes of at least 4 members (excludes halogenated alkanes) is 13. The van der Waals surface area contributed by atoms with Crippen LogP contribution in [0, 0.1) is 5.41 Å². The van der Waals surface area contributed by atoms with Crippen LogP contribution in [0.25, 0.3) is 0 Å². The third-order valence-corrected chi connectivity index (χ3v) is 4.32. The Kier molecular flexibility index (Phi) is 14.9. The van der Waals surface area contributed by atoms with Crippen LogP contribution in [0.5, 0.6) is 0 Å². The number of hydrogen-bond donors (Lipinski definition) is 0. The fraction of sp³-hybridized carbons (Fsp3) is 1.00. The monoisotopic (exact) mass is 297 g/mol. The van der Waals surface area contributed by atoms with Crippen LogP contribution >= 0.6 is 0 Å². The van der Waals surface area contributed by atoms with Gasteiger partial charge in [0.25, 0.3) is 0 Å². The summed E-state index contributed by atoms with van der Waals surface area (Å²) >= 11 is 0. The average molecular weight is 298 g/mol. The molecule has 0 aliphatic rings. The highest BCUT2D eigenvalue weighted by molar-refractivity contribution is 4.61. The second-order valence-corrected chi connectivity index (χ2v) is 7.96. The SMILES string of the molecule is CC(C)(C)CCCCCCCCCCCCCCCC[O]. The summed E-state index contributed by atoms with van der Waals surface area (Å²) in [6.45, 7) is 7.15. The first-order valence-electron chi connectivity index (χ1n) is 9.64. The largest absolute Gasteiger partial charge is 0.237 e. The summed E-state index contributed by atoms with van der Waals surface area (Å²) in [5.41, 5.74) is 0.523. The molecule has 0 aromatic rings. The van der Waals surface area contributed by atoms with Crippen molar-refractivity contribution in [3.05, 3.63) is 0 Å². The number of rotatable bonds is 15. The van der Waals surface area contributed by atoms with Crippen molar-refractivity contribution in [1.29, 1.82) is 0 Å². The molecule has 0 atom stereocenters. The van der Waals surface area contributed by atoms with E-state index in [0.29, 0.717) is 5.41 Å². The van der Waals surface area contributed by atoms with Crippen LogP contribution in [0.4, 0.5) is 0 Å². The Morgan fingerprint density at radius 1 is 0.476 bits per heavy atom. The summed E-state index contributed by atoms with van der Waals surface area (Å²) in [6, 6.07) is 0. The summed E-state index contributed by atoms with van der Waals surface area (Å²) < 4.78 is 0. The van der Waals surface area contributed by atoms with E-state index in [4.69, 9.17) is 0 Å². The smallest absolute Gasteiger partial charge is 0.0822 e. The van der Waals surface area contributed by atoms with E-state index in [9.17, 15) is 5.11 Å². The molecule has 0 saturated heterocycles. The molecule has 21 heavy (non-hydrogen) atoms. The number of hydrogen-bond acceptors (Lipinski definition) is 0. The fourth-order valence-corrected chi connectivity index (χ4v) is 2.88. The van der Waals surface area contributed by atoms with Crippen molar-refractivity contribution in [2.75, 3.05) is 6.61 Å². The Morgan fingerprint density at radius 2 is 0.762 bits per heavy atom. The summed E-state index contributed by atoms with van der Waals surface area (Å²) in [5, 5.41) is 10.3. The van der Waals surface area contributed by atoms with Crippen molar-refractivity contribution in [3.63, 3.8) is 0 Å². The Balaban J connectivity index is 3.00. The first kappa shape index (κ1) is 21.0. The standard InChI is InChI=1S/C20H41O/c1-20(2,3)18-16-14-12-10-8-6-4-5-7-9-11-13-15-17-19-21/h4-19H2,1-3H3. The van der Waals surface area contributed by atoms with Crippen LogP contribution in [-0.4, -0.2) is 6.61 Å². The van der Waals surface area contributed by atoms with Crippen molar-refractivity contribution < 1.29 is 5.11 Å². The minimum Gasteiger partial charge on any atom is -0.237 e. The van der Waals surface area contributed by atoms with E-state index in [1.807, 2.05) is 0 Å². The van der Waals surface area contributed by atoms with E-state index in [-0.39, 0.29) is 6.61 Å². The van der Waals surface area contributed by atoms with Crippen molar-refractivity contribution >= 4 is 0 Å². The van der Waals surface area contributed by atoms with Crippen LogP contribution in [0.15, 0.2) is 0 Å². The van der Waals surface area contributed by atoms with E-state index < -0.39 is 0 Å². The van der Waals surface area contributed by atoms with Gasteiger partial charge in [-0.15, -0.1) is 0 Å². The predicted octanol–water partition coefficient (Wildman–Crippen LogP) is 7.31. The highest BCUT2D eigenvalue weighted by Crippen LogP contribution is 2.22. The Morgan fingerprint density at radius 3 is 1.05 bits per heavy atom. The lowest BCUT2D eigenvalue weighted by molar-refractivity contribution is 0.186. The van der Waals surface area contributed by atoms with Gasteiger partial charge in [-0.3, -0.25) is 0 Å². The van der Waals surface area contributed by atoms with E-state index in [1.54, 1.807) is 0 Å². The minimum atomic E-state index is 0.121. The molecule has 0 aliphatic heterocycles. The molecule has 0 unspecified atom stereocenters. The van der Waals surface area contributed by atoms with E-state index in [0.717, 1.165) is 12.8 Å². The molecule has 0 fully saturated rings. The van der Waals surface area contributed by atoms with Gasteiger partial charge in [0.1, 0.15) is 0 Å². The minimum absolute atomic E-state index is 0.121. The normalized spacial score (nSPS) is 12.0. The lowest BCUT2D eigenvalue weighted by Crippen LogP contribution is -2.03. The third-order valence-electron chi connectivity index (χ3n) is 4.32. The highest BCUT2D eigenvalue weighted by Gasteiger charge is 2.08. The molecule has 0 N–H and O–H groups in total. The van der Waals surface area contributed by atoms with Gasteiger partial charge in [0.2, 0.25) is 0 Å². The molecule has 1 heteroatoms. The molecule has 1 radical (unpaired) electrons. The molecular formula is C20H41O. The van der Waals surface area contributed by atoms with Crippen LogP contribution in [-0.2, 0) is 5.11 Å². The molecule has 0 saturated carbocycles. The van der Waals surface area contributed by atoms with Gasteiger partial charge in [0.15, 0.2) is 0 Å². The maximum absolute atomic E-state index is 10.3. The summed E-state index contributed by atoms with van der Waals surface area (Å²) in [6.07, 6.45) is 20.3. The van der Waals surface area contributed by atoms with Gasteiger partial charge < -0.3 is 0 Å². The van der Waals surface area contributed by atoms with Crippen LogP contribution < -0.4 is 0 Å². The van der Waals surface area contributed by atoms with Crippen LogP contribution in [0.1, 0.15) is 117 Å². The molecule has 0 amide bonds. The first-order valence-corrected chi connectivity index (χ1v) is 9.64. The molecule has 0 heterocycles. The Hall–Kier alpha value is -0.0400. The van der Waals surface area contributed by atoms with Crippen molar-refractivity contribution in [2.45, 2.75) is 117 Å². The maximum Gasteiger partial charge on any atom is 0.0822 e. The van der Waals surface area contributed by atoms with E-state index in [2.05, 4.69) is 20.8 Å². The van der Waals surface area contributed by atoms with Crippen molar-refractivity contribution in [1.82, 2.24) is 0 Å². The van der Waals surface area contributed by atoms with Crippen molar-refractivity contribution in [2.24, 2.45) is 5.41 Å². The van der Waals surface area contributed by atoms with Crippen molar-refractivity contribution in [3.8, 4) is 0 Å². The lowest BCUT2D eigenvalue weighted by Gasteiger charge is -2.17. The zero-order valence-corrected chi connectivity index (χ0v) is 15.2. The van der Waals surface area contributed by atoms with E-state index in [1.165, 1.54) is 83.5 Å². The zero-order chi connectivity index (χ0) is 15.8. The Bertz CT molecular complexity index is 193. The summed E-state index contributed by atoms with van der Waals surface area (Å²) in [4.78, 5) is 0. The molecule has 0 aromatic heterocycles. The van der Waals surface area contributed by atoms with Crippen LogP contribution in [0.3, 0.4) is 0 Å². The zero-order valence-electron chi connectivity index (χ0n) is 15.2. The van der Waals surface area contributed by atoms with Gasteiger partial charge in [-0.25, -0.2) is 5.11 Å². The van der Waals surface area contributed by atoms with Gasteiger partial charge in [-0.2, -0.15) is 0 Å². The van der Waals surface area contributed by atoms with Gasteiger partial charge in [-0.05, 0) is 18.3 Å². The molecular weight excluding hydrogens is 256 g/mol. The van der Waals surface area contributed by atoms with Crippen LogP contribution in [0.2, 0.25) is 0 Å². The first-order chi connectivity index (χ1) is 10.1. The molecule has 1 nitrogen and oxygen atoms in total. The second-order valence-electron chi connectivity index (χ2n) is 7.96. The highest BCUT2D eigenvalue weighted by atomic mass is 16.2. The topological polar surface area (TPSA) is 19.9 Å². The lowest BCUT2D eigenvalue weighted by atomic mass is 9.89. The predicted molar refractivity (Wildman–Crippen MR) is 94.3 cm³/mol. The molecule has 0 bridgehead atoms. The average Bonchev–Trinajstić information content (AvgIpc) is 2.42. The molecule has 127 valence electrons. The molecule has 0 aliphatic carbocycles. The van der Waals surface area contributed by atoms with E-state index >= 15 is 0 Å². The molecule has 0 spiro atoms. The Labute approximate surface area is 134 Å². The maximum atomic E-state index is 10.3. The van der Waals surface area contributed by atoms with Gasteiger partial charge >= 0.3 is 0 Å². The fourth-order valence-electron chi connectivity index (χ4n) is 2.88. The quantitative estimate of drug-likeness (QED) is 0.282. The third kappa shape index (κ3) is 20.0. The second kappa shape index (κ2) is 14.9. The summed E-state index contributed by atoms with van der Waals surface area (Å²) in [7, 11) is 0. The van der Waals surface area contributed by atoms with Gasteiger partial charge in [0.05, 0.1) is 6.61 Å². The molecule has 0 rings (SSSR count). The van der Waals surface area contributed by atoms with Gasteiger partial charge in [-0.1, -0.05) is 104 Å². The van der Waals surface area contributed by atoms with Gasteiger partial charge in [0, 0.05) is 0 Å². The summed E-state index contributed by atoms with van der Waals surface area (Å²) in [5.74, 6) is 0.